The van der Waals surface area contributed by atoms with Crippen molar-refractivity contribution in [2.24, 2.45) is 0 Å². The number of pyridine rings is 1. The van der Waals surface area contributed by atoms with Gasteiger partial charge in [-0.25, -0.2) is 9.67 Å². The minimum absolute atomic E-state index is 0.0567. The van der Waals surface area contributed by atoms with E-state index < -0.39 is 0 Å². The lowest BCUT2D eigenvalue weighted by Crippen LogP contribution is -2.36. The maximum atomic E-state index is 12.5. The molecule has 2 amide bonds. The topological polar surface area (TPSA) is 88.9 Å². The van der Waals surface area contributed by atoms with Gasteiger partial charge in [0.15, 0.2) is 5.65 Å². The van der Waals surface area contributed by atoms with Crippen LogP contribution in [0.15, 0.2) is 29.8 Å². The Balaban J connectivity index is 1.87. The standard InChI is InChI=1S/C17H19N5O2S/c1-3-18-15(23)9-19-17(24)13-7-11(2)21-16-14(13)8-20-22(16)10-12-5-4-6-25-12/h4-8H,3,9-10H2,1-2H3,(H,18,23)(H,19,24). The lowest BCUT2D eigenvalue weighted by atomic mass is 10.1. The second-order valence-corrected chi connectivity index (χ2v) is 6.60. The summed E-state index contributed by atoms with van der Waals surface area (Å²) in [5.41, 5.74) is 1.87. The third-order valence-electron chi connectivity index (χ3n) is 3.65. The van der Waals surface area contributed by atoms with E-state index in [0.29, 0.717) is 29.7 Å². The van der Waals surface area contributed by atoms with Crippen molar-refractivity contribution in [1.29, 1.82) is 0 Å². The van der Waals surface area contributed by atoms with Gasteiger partial charge in [0.05, 0.1) is 30.2 Å². The molecule has 25 heavy (non-hydrogen) atoms. The number of rotatable bonds is 6. The van der Waals surface area contributed by atoms with E-state index in [-0.39, 0.29) is 18.4 Å². The van der Waals surface area contributed by atoms with E-state index >= 15 is 0 Å². The van der Waals surface area contributed by atoms with Gasteiger partial charge in [-0.2, -0.15) is 5.10 Å². The largest absolute Gasteiger partial charge is 0.355 e. The van der Waals surface area contributed by atoms with Crippen LogP contribution in [0.25, 0.3) is 11.0 Å². The van der Waals surface area contributed by atoms with Crippen molar-refractivity contribution in [3.63, 3.8) is 0 Å². The summed E-state index contributed by atoms with van der Waals surface area (Å²) in [6.07, 6.45) is 1.65. The number of amides is 2. The molecule has 0 atom stereocenters. The molecule has 0 aliphatic carbocycles. The van der Waals surface area contributed by atoms with Gasteiger partial charge >= 0.3 is 0 Å². The predicted octanol–water partition coefficient (Wildman–Crippen LogP) is 1.72. The van der Waals surface area contributed by atoms with Gasteiger partial charge in [-0.1, -0.05) is 6.07 Å². The molecule has 3 rings (SSSR count). The molecular formula is C17H19N5O2S. The molecule has 2 N–H and O–H groups in total. The summed E-state index contributed by atoms with van der Waals surface area (Å²) >= 11 is 1.65. The first-order chi connectivity index (χ1) is 12.1. The van der Waals surface area contributed by atoms with E-state index in [1.54, 1.807) is 28.3 Å². The number of hydrogen-bond acceptors (Lipinski definition) is 5. The van der Waals surface area contributed by atoms with Crippen molar-refractivity contribution in [3.05, 3.63) is 45.9 Å². The average Bonchev–Trinajstić information content (AvgIpc) is 3.23. The maximum Gasteiger partial charge on any atom is 0.252 e. The fraction of sp³-hybridized carbons (Fsp3) is 0.294. The number of fused-ring (bicyclic) bond motifs is 1. The van der Waals surface area contributed by atoms with Crippen LogP contribution in [0.5, 0.6) is 0 Å². The number of likely N-dealkylation sites (N-methyl/N-ethyl adjacent to an activating group) is 1. The van der Waals surface area contributed by atoms with Gasteiger partial charge in [0.1, 0.15) is 0 Å². The number of hydrogen-bond donors (Lipinski definition) is 2. The number of carbonyl (C=O) groups excluding carboxylic acids is 2. The highest BCUT2D eigenvalue weighted by Crippen LogP contribution is 2.20. The molecule has 0 spiro atoms. The zero-order valence-electron chi connectivity index (χ0n) is 14.1. The molecule has 7 nitrogen and oxygen atoms in total. The van der Waals surface area contributed by atoms with Crippen molar-refractivity contribution >= 4 is 34.2 Å². The van der Waals surface area contributed by atoms with Crippen molar-refractivity contribution in [1.82, 2.24) is 25.4 Å². The summed E-state index contributed by atoms with van der Waals surface area (Å²) in [7, 11) is 0. The van der Waals surface area contributed by atoms with Crippen molar-refractivity contribution in [3.8, 4) is 0 Å². The van der Waals surface area contributed by atoms with Crippen LogP contribution in [-0.2, 0) is 11.3 Å². The summed E-state index contributed by atoms with van der Waals surface area (Å²) in [5.74, 6) is -0.524. The molecule has 0 saturated heterocycles. The summed E-state index contributed by atoms with van der Waals surface area (Å²) in [6, 6.07) is 5.74. The molecule has 3 aromatic rings. The summed E-state index contributed by atoms with van der Waals surface area (Å²) in [6.45, 7) is 4.75. The van der Waals surface area contributed by atoms with E-state index in [9.17, 15) is 9.59 Å². The van der Waals surface area contributed by atoms with Gasteiger partial charge in [0.2, 0.25) is 5.91 Å². The molecule has 0 aliphatic rings. The highest BCUT2D eigenvalue weighted by molar-refractivity contribution is 7.09. The molecule has 3 aromatic heterocycles. The Morgan fingerprint density at radius 1 is 1.32 bits per heavy atom. The van der Waals surface area contributed by atoms with Crippen molar-refractivity contribution < 1.29 is 9.59 Å². The molecule has 0 saturated carbocycles. The van der Waals surface area contributed by atoms with Crippen LogP contribution in [-0.4, -0.2) is 39.7 Å². The quantitative estimate of drug-likeness (QED) is 0.703. The minimum Gasteiger partial charge on any atom is -0.355 e. The van der Waals surface area contributed by atoms with Gasteiger partial charge in [-0.05, 0) is 31.4 Å². The number of thiophene rings is 1. The van der Waals surface area contributed by atoms with Gasteiger partial charge in [-0.3, -0.25) is 9.59 Å². The highest BCUT2D eigenvalue weighted by atomic mass is 32.1. The first-order valence-corrected chi connectivity index (χ1v) is 8.87. The molecule has 0 aliphatic heterocycles. The lowest BCUT2D eigenvalue weighted by molar-refractivity contribution is -0.120. The number of carbonyl (C=O) groups is 2. The highest BCUT2D eigenvalue weighted by Gasteiger charge is 2.16. The third kappa shape index (κ3) is 3.85. The summed E-state index contributed by atoms with van der Waals surface area (Å²) in [5, 5.41) is 12.4. The first kappa shape index (κ1) is 17.1. The maximum absolute atomic E-state index is 12.5. The Hall–Kier alpha value is -2.74. The molecule has 0 bridgehead atoms. The first-order valence-electron chi connectivity index (χ1n) is 7.99. The van der Waals surface area contributed by atoms with Crippen LogP contribution >= 0.6 is 11.3 Å². The smallest absolute Gasteiger partial charge is 0.252 e. The van der Waals surface area contributed by atoms with E-state index in [1.165, 1.54) is 0 Å². The van der Waals surface area contributed by atoms with Crippen LogP contribution in [0.4, 0.5) is 0 Å². The predicted molar refractivity (Wildman–Crippen MR) is 96.7 cm³/mol. The van der Waals surface area contributed by atoms with Crippen LogP contribution < -0.4 is 10.6 Å². The molecule has 8 heteroatoms. The van der Waals surface area contributed by atoms with Gasteiger partial charge in [-0.15, -0.1) is 11.3 Å². The molecule has 0 aromatic carbocycles. The Bertz CT molecular complexity index is 901. The Morgan fingerprint density at radius 3 is 2.88 bits per heavy atom. The zero-order valence-corrected chi connectivity index (χ0v) is 14.9. The van der Waals surface area contributed by atoms with Crippen LogP contribution in [0.1, 0.15) is 27.9 Å². The zero-order chi connectivity index (χ0) is 17.8. The van der Waals surface area contributed by atoms with Crippen LogP contribution in [0.3, 0.4) is 0 Å². The second kappa shape index (κ2) is 7.43. The van der Waals surface area contributed by atoms with Gasteiger partial charge in [0, 0.05) is 17.1 Å². The second-order valence-electron chi connectivity index (χ2n) is 5.57. The molecular weight excluding hydrogens is 338 g/mol. The van der Waals surface area contributed by atoms with E-state index in [0.717, 1.165) is 10.6 Å². The Kier molecular flexibility index (Phi) is 5.08. The number of aryl methyl sites for hydroxylation is 1. The summed E-state index contributed by atoms with van der Waals surface area (Å²) < 4.78 is 1.79. The molecule has 130 valence electrons. The summed E-state index contributed by atoms with van der Waals surface area (Å²) in [4.78, 5) is 29.7. The molecule has 0 fully saturated rings. The van der Waals surface area contributed by atoms with E-state index in [2.05, 4.69) is 20.7 Å². The van der Waals surface area contributed by atoms with Crippen molar-refractivity contribution in [2.45, 2.75) is 20.4 Å². The van der Waals surface area contributed by atoms with Crippen LogP contribution in [0, 0.1) is 6.92 Å². The van der Waals surface area contributed by atoms with E-state index in [1.807, 2.05) is 31.4 Å². The monoisotopic (exact) mass is 357 g/mol. The molecule has 0 unspecified atom stereocenters. The molecule has 3 heterocycles. The fourth-order valence-electron chi connectivity index (χ4n) is 2.54. The Morgan fingerprint density at radius 2 is 2.16 bits per heavy atom. The van der Waals surface area contributed by atoms with E-state index in [4.69, 9.17) is 0 Å². The molecule has 0 radical (unpaired) electrons. The van der Waals surface area contributed by atoms with Gasteiger partial charge in [0.25, 0.3) is 5.91 Å². The Labute approximate surface area is 149 Å². The average molecular weight is 357 g/mol. The third-order valence-corrected chi connectivity index (χ3v) is 4.51. The number of nitrogens with zero attached hydrogens (tertiary/aromatic N) is 3. The van der Waals surface area contributed by atoms with Crippen molar-refractivity contribution in [2.75, 3.05) is 13.1 Å². The van der Waals surface area contributed by atoms with Gasteiger partial charge < -0.3 is 10.6 Å². The fourth-order valence-corrected chi connectivity index (χ4v) is 3.23. The SMILES string of the molecule is CCNC(=O)CNC(=O)c1cc(C)nc2c1cnn2Cc1cccs1. The minimum atomic E-state index is -0.308. The number of nitrogens with one attached hydrogen (secondary N) is 2. The lowest BCUT2D eigenvalue weighted by Gasteiger charge is -2.08. The normalized spacial score (nSPS) is 10.8. The van der Waals surface area contributed by atoms with Crippen LogP contribution in [0.2, 0.25) is 0 Å². The number of aromatic nitrogens is 3.